The zero-order chi connectivity index (χ0) is 20.6. The number of aliphatic hydroxyl groups is 1. The topological polar surface area (TPSA) is 42.2 Å². The summed E-state index contributed by atoms with van der Waals surface area (Å²) < 4.78 is 43.5. The van der Waals surface area contributed by atoms with Crippen molar-refractivity contribution in [1.29, 1.82) is 0 Å². The van der Waals surface area contributed by atoms with Gasteiger partial charge in [0.05, 0.1) is 12.1 Å². The van der Waals surface area contributed by atoms with E-state index in [1.165, 1.54) is 16.8 Å². The van der Waals surface area contributed by atoms with E-state index in [1.54, 1.807) is 24.3 Å². The molecule has 1 heterocycles. The summed E-state index contributed by atoms with van der Waals surface area (Å²) >= 11 is 0. The van der Waals surface area contributed by atoms with Crippen molar-refractivity contribution in [1.82, 2.24) is 4.57 Å². The summed E-state index contributed by atoms with van der Waals surface area (Å²) in [6.45, 7) is 3.04. The molecule has 0 saturated heterocycles. The lowest BCUT2D eigenvalue weighted by molar-refractivity contribution is -0.276. The second kappa shape index (κ2) is 7.54. The van der Waals surface area contributed by atoms with Gasteiger partial charge in [0, 0.05) is 17.6 Å². The lowest BCUT2D eigenvalue weighted by atomic mass is 9.66. The molecule has 3 rings (SSSR count). The lowest BCUT2D eigenvalue weighted by Gasteiger charge is -2.43. The SMILES string of the molecule is CC(C)(CC(O)(Cn1ccc(=O)c2ccccc21)C(F)(F)F)C1CCCCC1. The highest BCUT2D eigenvalue weighted by molar-refractivity contribution is 5.78. The summed E-state index contributed by atoms with van der Waals surface area (Å²) in [6, 6.07) is 7.81. The third-order valence-corrected chi connectivity index (χ3v) is 6.30. The van der Waals surface area contributed by atoms with E-state index in [0.29, 0.717) is 10.9 Å². The lowest BCUT2D eigenvalue weighted by Crippen LogP contribution is -2.52. The van der Waals surface area contributed by atoms with Crippen LogP contribution in [0.25, 0.3) is 10.9 Å². The molecule has 1 aliphatic rings. The van der Waals surface area contributed by atoms with Crippen LogP contribution in [0.2, 0.25) is 0 Å². The summed E-state index contributed by atoms with van der Waals surface area (Å²) in [5.41, 5.74) is -3.36. The van der Waals surface area contributed by atoms with Crippen molar-refractivity contribution in [2.45, 2.75) is 70.7 Å². The van der Waals surface area contributed by atoms with Gasteiger partial charge in [-0.3, -0.25) is 4.79 Å². The first-order valence-electron chi connectivity index (χ1n) is 9.91. The number of benzene rings is 1. The van der Waals surface area contributed by atoms with Gasteiger partial charge < -0.3 is 9.67 Å². The molecular formula is C22H28F3NO2. The molecule has 2 aromatic rings. The van der Waals surface area contributed by atoms with Crippen LogP contribution < -0.4 is 5.43 Å². The van der Waals surface area contributed by atoms with Crippen molar-refractivity contribution >= 4 is 10.9 Å². The molecule has 0 radical (unpaired) electrons. The zero-order valence-corrected chi connectivity index (χ0v) is 16.4. The van der Waals surface area contributed by atoms with Crippen molar-refractivity contribution in [2.24, 2.45) is 11.3 Å². The normalized spacial score (nSPS) is 18.9. The summed E-state index contributed by atoms with van der Waals surface area (Å²) in [5, 5.41) is 11.2. The second-order valence-corrected chi connectivity index (χ2v) is 8.85. The molecule has 28 heavy (non-hydrogen) atoms. The third-order valence-electron chi connectivity index (χ3n) is 6.30. The van der Waals surface area contributed by atoms with Crippen LogP contribution in [0.5, 0.6) is 0 Å². The number of alkyl halides is 3. The number of nitrogens with zero attached hydrogens (tertiary/aromatic N) is 1. The van der Waals surface area contributed by atoms with Crippen LogP contribution in [-0.4, -0.2) is 21.5 Å². The molecule has 3 nitrogen and oxygen atoms in total. The Morgan fingerprint density at radius 2 is 1.71 bits per heavy atom. The Labute approximate surface area is 163 Å². The molecule has 1 fully saturated rings. The maximum absolute atomic E-state index is 14.0. The largest absolute Gasteiger partial charge is 0.418 e. The van der Waals surface area contributed by atoms with Crippen LogP contribution in [0.1, 0.15) is 52.4 Å². The van der Waals surface area contributed by atoms with Gasteiger partial charge in [-0.05, 0) is 42.7 Å². The molecule has 0 aliphatic heterocycles. The average Bonchev–Trinajstić information content (AvgIpc) is 2.64. The number of rotatable bonds is 5. The first-order chi connectivity index (χ1) is 13.0. The average molecular weight is 395 g/mol. The number of para-hydroxylation sites is 1. The molecule has 0 amide bonds. The first-order valence-corrected chi connectivity index (χ1v) is 9.91. The second-order valence-electron chi connectivity index (χ2n) is 8.85. The quantitative estimate of drug-likeness (QED) is 0.747. The molecule has 1 aromatic carbocycles. The summed E-state index contributed by atoms with van der Waals surface area (Å²) in [6.07, 6.45) is 1.20. The Hall–Kier alpha value is -1.82. The van der Waals surface area contributed by atoms with E-state index < -0.39 is 23.7 Å². The first kappa shape index (κ1) is 20.9. The Morgan fingerprint density at radius 3 is 2.36 bits per heavy atom. The van der Waals surface area contributed by atoms with Gasteiger partial charge in [0.2, 0.25) is 0 Å². The van der Waals surface area contributed by atoms with E-state index in [4.69, 9.17) is 0 Å². The highest BCUT2D eigenvalue weighted by Gasteiger charge is 2.56. The number of hydrogen-bond acceptors (Lipinski definition) is 2. The highest BCUT2D eigenvalue weighted by atomic mass is 19.4. The Morgan fingerprint density at radius 1 is 1.07 bits per heavy atom. The molecule has 0 bridgehead atoms. The molecule has 1 saturated carbocycles. The van der Waals surface area contributed by atoms with Crippen LogP contribution in [0.3, 0.4) is 0 Å². The molecule has 1 N–H and O–H groups in total. The Bertz CT molecular complexity index is 881. The third kappa shape index (κ3) is 4.12. The van der Waals surface area contributed by atoms with Crippen LogP contribution in [0.4, 0.5) is 13.2 Å². The van der Waals surface area contributed by atoms with E-state index in [-0.39, 0.29) is 17.8 Å². The Kier molecular flexibility index (Phi) is 5.63. The number of fused-ring (bicyclic) bond motifs is 1. The van der Waals surface area contributed by atoms with E-state index in [0.717, 1.165) is 32.1 Å². The molecule has 1 unspecified atom stereocenters. The fourth-order valence-corrected chi connectivity index (χ4v) is 4.71. The number of aromatic nitrogens is 1. The van der Waals surface area contributed by atoms with Gasteiger partial charge in [-0.25, -0.2) is 0 Å². The monoisotopic (exact) mass is 395 g/mol. The van der Waals surface area contributed by atoms with Crippen LogP contribution >= 0.6 is 0 Å². The van der Waals surface area contributed by atoms with Gasteiger partial charge in [0.25, 0.3) is 0 Å². The Balaban J connectivity index is 1.97. The van der Waals surface area contributed by atoms with Gasteiger partial charge in [-0.1, -0.05) is 45.2 Å². The van der Waals surface area contributed by atoms with Crippen LogP contribution in [0.15, 0.2) is 41.3 Å². The van der Waals surface area contributed by atoms with Crippen molar-refractivity contribution in [2.75, 3.05) is 0 Å². The van der Waals surface area contributed by atoms with E-state index in [9.17, 15) is 23.1 Å². The predicted molar refractivity (Wildman–Crippen MR) is 104 cm³/mol. The van der Waals surface area contributed by atoms with Crippen molar-refractivity contribution in [3.05, 3.63) is 46.8 Å². The maximum Gasteiger partial charge on any atom is 0.418 e. The molecule has 1 aliphatic carbocycles. The van der Waals surface area contributed by atoms with Gasteiger partial charge in [0.15, 0.2) is 11.0 Å². The van der Waals surface area contributed by atoms with Gasteiger partial charge in [0.1, 0.15) is 0 Å². The van der Waals surface area contributed by atoms with Crippen LogP contribution in [0, 0.1) is 11.3 Å². The van der Waals surface area contributed by atoms with Gasteiger partial charge in [-0.2, -0.15) is 13.2 Å². The van der Waals surface area contributed by atoms with Gasteiger partial charge in [-0.15, -0.1) is 0 Å². The van der Waals surface area contributed by atoms with E-state index in [1.807, 2.05) is 13.8 Å². The predicted octanol–water partition coefficient (Wildman–Crippen LogP) is 5.29. The standard InChI is InChI=1S/C22H28F3NO2/c1-20(2,16-8-4-3-5-9-16)14-21(28,22(23,24)25)15-26-13-12-19(27)17-10-6-7-11-18(17)26/h6-7,10-13,16,28H,3-5,8-9,14-15H2,1-2H3. The van der Waals surface area contributed by atoms with Crippen molar-refractivity contribution < 1.29 is 18.3 Å². The highest BCUT2D eigenvalue weighted by Crippen LogP contribution is 2.47. The fourth-order valence-electron chi connectivity index (χ4n) is 4.71. The summed E-state index contributed by atoms with van der Waals surface area (Å²) in [5.74, 6) is 0.167. The summed E-state index contributed by atoms with van der Waals surface area (Å²) in [7, 11) is 0. The summed E-state index contributed by atoms with van der Waals surface area (Å²) in [4.78, 5) is 12.0. The molecule has 0 spiro atoms. The molecule has 1 aromatic heterocycles. The smallest absolute Gasteiger partial charge is 0.379 e. The van der Waals surface area contributed by atoms with Gasteiger partial charge >= 0.3 is 6.18 Å². The number of pyridine rings is 1. The number of hydrogen-bond donors (Lipinski definition) is 1. The van der Waals surface area contributed by atoms with Crippen molar-refractivity contribution in [3.8, 4) is 0 Å². The van der Waals surface area contributed by atoms with Crippen molar-refractivity contribution in [3.63, 3.8) is 0 Å². The number of halogens is 3. The molecule has 6 heteroatoms. The zero-order valence-electron chi connectivity index (χ0n) is 16.4. The minimum Gasteiger partial charge on any atom is -0.379 e. The maximum atomic E-state index is 14.0. The minimum atomic E-state index is -4.77. The van der Waals surface area contributed by atoms with E-state index >= 15 is 0 Å². The molecular weight excluding hydrogens is 367 g/mol. The van der Waals surface area contributed by atoms with E-state index in [2.05, 4.69) is 0 Å². The van der Waals surface area contributed by atoms with Crippen LogP contribution in [-0.2, 0) is 6.54 Å². The molecule has 1 atom stereocenters. The minimum absolute atomic E-state index is 0.167. The fraction of sp³-hybridized carbons (Fsp3) is 0.591. The molecule has 154 valence electrons.